The number of carbonyl (C=O) groups is 3. The highest BCUT2D eigenvalue weighted by Crippen LogP contribution is 2.55. The lowest BCUT2D eigenvalue weighted by Crippen LogP contribution is -2.85. The lowest BCUT2D eigenvalue weighted by atomic mass is 9.86. The molecule has 0 saturated carbocycles. The van der Waals surface area contributed by atoms with Gasteiger partial charge in [-0.15, -0.1) is 4.90 Å². The molecule has 24 heteroatoms. The normalized spacial score (nSPS) is 33.7. The number of fused-ring (bicyclic) bond motifs is 2. The second kappa shape index (κ2) is 10.1. The summed E-state index contributed by atoms with van der Waals surface area (Å²) in [6.45, 7) is 0. The van der Waals surface area contributed by atoms with Crippen LogP contribution in [-0.2, 0) is 41.8 Å². The van der Waals surface area contributed by atoms with E-state index >= 15 is 4.39 Å². The molecular weight excluding hydrogens is 674 g/mol. The van der Waals surface area contributed by atoms with E-state index in [9.17, 15) is 75.7 Å². The number of ether oxygens (including phenoxy) is 1. The summed E-state index contributed by atoms with van der Waals surface area (Å²) in [7, 11) is 5.25. The van der Waals surface area contributed by atoms with Gasteiger partial charge in [0.05, 0.1) is 22.3 Å². The van der Waals surface area contributed by atoms with Crippen LogP contribution in [-0.4, -0.2) is 126 Å². The summed E-state index contributed by atoms with van der Waals surface area (Å²) in [6.07, 6.45) is -1.31. The highest BCUT2D eigenvalue weighted by atomic mass is 19.1. The Morgan fingerprint density at radius 1 is 0.918 bits per heavy atom. The lowest BCUT2D eigenvalue weighted by molar-refractivity contribution is -0.613. The van der Waals surface area contributed by atoms with E-state index in [1.54, 1.807) is 5.32 Å². The standard InChI is InChI=1S/C25H24BFN4O18/c26-22(41)24(44)31(23(42,43)25(45,46)47-22)21(40,48-49-24)11-5-2-4-10(15(11)27)19(36,37)29-12-6-1-3-9-14(12)20(38,39)30(16(9)33)18(35)8-7-13(32)28-17(18)34/h1-6,29,35-46H,7-8H2,(H,28,32,34). The Morgan fingerprint density at radius 3 is 2.18 bits per heavy atom. The number of piperidine rings is 1. The number of hydrogen-bond donors (Lipinski definition) is 14. The fourth-order valence-electron chi connectivity index (χ4n) is 5.91. The molecule has 4 unspecified atom stereocenters. The predicted octanol–water partition coefficient (Wildman–Crippen LogP) is -7.16. The third-order valence-electron chi connectivity index (χ3n) is 8.26. The first-order chi connectivity index (χ1) is 22.3. The number of carbonyl (C=O) groups excluding carboxylic acids is 3. The number of aliphatic hydroxyl groups is 12. The highest BCUT2D eigenvalue weighted by molar-refractivity contribution is 6.14. The van der Waals surface area contributed by atoms with Crippen molar-refractivity contribution < 1.29 is 94.6 Å². The Balaban J connectivity index is 1.40. The maximum absolute atomic E-state index is 16.2. The molecule has 0 spiro atoms. The maximum atomic E-state index is 16.2. The Morgan fingerprint density at radius 2 is 1.55 bits per heavy atom. The topological polar surface area (TPSA) is 352 Å². The maximum Gasteiger partial charge on any atom is 0.354 e. The van der Waals surface area contributed by atoms with Gasteiger partial charge in [0.2, 0.25) is 11.6 Å². The number of hydrogen-bond acceptors (Lipinski definition) is 20. The van der Waals surface area contributed by atoms with E-state index in [0.29, 0.717) is 12.1 Å². The number of halogens is 1. The van der Waals surface area contributed by atoms with Gasteiger partial charge in [0.15, 0.2) is 13.5 Å². The number of nitrogens with one attached hydrogen (secondary N) is 2. The van der Waals surface area contributed by atoms with E-state index in [1.807, 2.05) is 5.32 Å². The summed E-state index contributed by atoms with van der Waals surface area (Å²) in [5.74, 6) is -29.9. The van der Waals surface area contributed by atoms with Crippen LogP contribution < -0.4 is 10.6 Å². The molecule has 22 nitrogen and oxygen atoms in total. The van der Waals surface area contributed by atoms with Crippen molar-refractivity contribution >= 4 is 31.3 Å². The minimum absolute atomic E-state index is 0.0807. The first kappa shape index (κ1) is 35.0. The molecule has 14 N–H and O–H groups in total. The molecule has 0 aromatic heterocycles. The minimum atomic E-state index is -4.49. The van der Waals surface area contributed by atoms with Gasteiger partial charge in [0, 0.05) is 18.5 Å². The molecule has 3 amide bonds. The summed E-state index contributed by atoms with van der Waals surface area (Å²) in [6, 6.07) is 4.82. The van der Waals surface area contributed by atoms with Crippen molar-refractivity contribution in [2.45, 2.75) is 59.8 Å². The van der Waals surface area contributed by atoms with E-state index in [2.05, 4.69) is 14.5 Å². The summed E-state index contributed by atoms with van der Waals surface area (Å²) in [5, 5.41) is 132. The van der Waals surface area contributed by atoms with Crippen molar-refractivity contribution in [2.24, 2.45) is 0 Å². The number of amides is 3. The first-order valence-electron chi connectivity index (χ1n) is 13.5. The van der Waals surface area contributed by atoms with Gasteiger partial charge < -0.3 is 66.6 Å². The van der Waals surface area contributed by atoms with Crippen molar-refractivity contribution in [2.75, 3.05) is 5.32 Å². The minimum Gasteiger partial charge on any atom is -0.368 e. The molecule has 4 aliphatic rings. The first-order valence-corrected chi connectivity index (χ1v) is 13.5. The van der Waals surface area contributed by atoms with Crippen LogP contribution in [0.25, 0.3) is 0 Å². The molecule has 262 valence electrons. The van der Waals surface area contributed by atoms with Gasteiger partial charge in [-0.2, -0.15) is 9.78 Å². The second-order valence-corrected chi connectivity index (χ2v) is 11.4. The van der Waals surface area contributed by atoms with Crippen LogP contribution in [0.2, 0.25) is 0 Å². The molecule has 4 atom stereocenters. The van der Waals surface area contributed by atoms with Gasteiger partial charge in [-0.3, -0.25) is 24.4 Å². The fraction of sp³-hybridized carbons (Fsp3) is 0.400. The number of nitrogens with zero attached hydrogens (tertiary/aromatic N) is 2. The summed E-state index contributed by atoms with van der Waals surface area (Å²) < 4.78 is 20.2. The lowest BCUT2D eigenvalue weighted by Gasteiger charge is -2.55. The van der Waals surface area contributed by atoms with E-state index in [-0.39, 0.29) is 4.90 Å². The van der Waals surface area contributed by atoms with Crippen LogP contribution in [0, 0.1) is 5.82 Å². The predicted molar refractivity (Wildman–Crippen MR) is 141 cm³/mol. The van der Waals surface area contributed by atoms with Crippen molar-refractivity contribution in [3.05, 3.63) is 64.5 Å². The van der Waals surface area contributed by atoms with Crippen molar-refractivity contribution in [3.63, 3.8) is 0 Å². The zero-order valence-corrected chi connectivity index (χ0v) is 24.0. The van der Waals surface area contributed by atoms with Crippen molar-refractivity contribution in [3.8, 4) is 0 Å². The molecular formula is C25H24BFN4O18. The zero-order valence-electron chi connectivity index (χ0n) is 24.0. The van der Waals surface area contributed by atoms with Gasteiger partial charge >= 0.3 is 17.8 Å². The SMILES string of the molecule is [B]C1(O)OC(O)(O)C(O)(O)N2C(O)(c3cccc(C(O)(O)Nc4cccc5c4C(O)(O)N(C4(O)CCC(=O)NC4=O)C5=O)c3F)OOC21O. The van der Waals surface area contributed by atoms with Crippen LogP contribution in [0.3, 0.4) is 0 Å². The third-order valence-corrected chi connectivity index (χ3v) is 8.26. The van der Waals surface area contributed by atoms with Crippen LogP contribution in [0.5, 0.6) is 0 Å². The largest absolute Gasteiger partial charge is 0.368 e. The number of anilines is 1. The van der Waals surface area contributed by atoms with Crippen LogP contribution >= 0.6 is 0 Å². The summed E-state index contributed by atoms with van der Waals surface area (Å²) >= 11 is 0. The van der Waals surface area contributed by atoms with Gasteiger partial charge in [0.25, 0.3) is 29.5 Å². The summed E-state index contributed by atoms with van der Waals surface area (Å²) in [5.41, 5.74) is -12.0. The Hall–Kier alpha value is -3.80. The highest BCUT2D eigenvalue weighted by Gasteiger charge is 2.82. The Kier molecular flexibility index (Phi) is 7.25. The molecule has 0 bridgehead atoms. The van der Waals surface area contributed by atoms with Crippen molar-refractivity contribution in [1.82, 2.24) is 15.1 Å². The molecule has 4 aliphatic heterocycles. The Bertz CT molecular complexity index is 1810. The molecule has 3 fully saturated rings. The van der Waals surface area contributed by atoms with E-state index in [1.165, 1.54) is 0 Å². The number of benzene rings is 2. The molecule has 49 heavy (non-hydrogen) atoms. The third kappa shape index (κ3) is 4.51. The number of rotatable bonds is 5. The molecule has 2 aromatic carbocycles. The molecule has 3 saturated heterocycles. The molecule has 6 rings (SSSR count). The quantitative estimate of drug-likeness (QED) is 0.0597. The van der Waals surface area contributed by atoms with Gasteiger partial charge in [-0.05, 0) is 24.3 Å². The van der Waals surface area contributed by atoms with Gasteiger partial charge in [-0.1, -0.05) is 12.1 Å². The smallest absolute Gasteiger partial charge is 0.354 e. The van der Waals surface area contributed by atoms with Crippen LogP contribution in [0.4, 0.5) is 10.1 Å². The van der Waals surface area contributed by atoms with E-state index in [4.69, 9.17) is 7.85 Å². The zero-order chi connectivity index (χ0) is 36.5. The molecule has 0 aliphatic carbocycles. The Labute approximate surface area is 270 Å². The van der Waals surface area contributed by atoms with Crippen LogP contribution in [0.1, 0.15) is 39.9 Å². The van der Waals surface area contributed by atoms with E-state index in [0.717, 1.165) is 24.3 Å². The second-order valence-electron chi connectivity index (χ2n) is 11.4. The molecule has 2 aromatic rings. The molecule has 2 radical (unpaired) electrons. The number of morpholine rings is 1. The van der Waals surface area contributed by atoms with Crippen LogP contribution in [0.15, 0.2) is 36.4 Å². The average molecular weight is 698 g/mol. The fourth-order valence-corrected chi connectivity index (χ4v) is 5.91. The van der Waals surface area contributed by atoms with Gasteiger partial charge in [-0.25, -0.2) is 9.29 Å². The molecule has 4 heterocycles. The summed E-state index contributed by atoms with van der Waals surface area (Å²) in [4.78, 5) is 45.3. The average Bonchev–Trinajstić information content (AvgIpc) is 3.38. The number of imide groups is 1. The van der Waals surface area contributed by atoms with Gasteiger partial charge in [0.1, 0.15) is 5.82 Å². The van der Waals surface area contributed by atoms with E-state index < -0.39 is 116 Å². The monoisotopic (exact) mass is 698 g/mol. The van der Waals surface area contributed by atoms with Crippen molar-refractivity contribution in [1.29, 1.82) is 0 Å².